The molecular formula is C108H130N8O2. The predicted molar refractivity (Wildman–Crippen MR) is 495 cm³/mol. The molecule has 5 aromatic heterocycles. The number of aryl methyl sites for hydroxylation is 5. The smallest absolute Gasteiger partial charge is 0.158 e. The largest absolute Gasteiger partial charge is 0.454 e. The number of para-hydroxylation sites is 5. The number of hydrogen-bond acceptors (Lipinski definition) is 10. The molecular weight excluding hydrogens is 1440 g/mol. The van der Waals surface area contributed by atoms with Gasteiger partial charge >= 0.3 is 0 Å². The highest BCUT2D eigenvalue weighted by atomic mass is 16.3. The van der Waals surface area contributed by atoms with E-state index in [0.29, 0.717) is 46.5 Å². The first-order valence-electron chi connectivity index (χ1n) is 45.4. The monoisotopic (exact) mass is 1570 g/mol. The van der Waals surface area contributed by atoms with Gasteiger partial charge in [-0.1, -0.05) is 200 Å². The minimum absolute atomic E-state index is 0.112. The lowest BCUT2D eigenvalue weighted by Gasteiger charge is -2.62. The van der Waals surface area contributed by atoms with Gasteiger partial charge in [-0.3, -0.25) is 0 Å². The molecule has 0 amide bonds. The third-order valence-electron chi connectivity index (χ3n) is 32.3. The van der Waals surface area contributed by atoms with E-state index in [-0.39, 0.29) is 21.9 Å². The number of aromatic nitrogens is 3. The van der Waals surface area contributed by atoms with Crippen molar-refractivity contribution in [2.45, 2.75) is 291 Å². The maximum atomic E-state index is 6.45. The van der Waals surface area contributed by atoms with E-state index in [4.69, 9.17) is 18.8 Å². The Labute approximate surface area is 704 Å². The number of fused-ring (bicyclic) bond motifs is 10. The normalized spacial score (nSPS) is 26.4. The zero-order valence-electron chi connectivity index (χ0n) is 74.2. The van der Waals surface area contributed by atoms with Gasteiger partial charge in [0.05, 0.1) is 11.4 Å². The van der Waals surface area contributed by atoms with Crippen molar-refractivity contribution >= 4 is 89.8 Å². The van der Waals surface area contributed by atoms with Crippen molar-refractivity contribution < 1.29 is 8.83 Å². The first-order valence-corrected chi connectivity index (χ1v) is 45.4. The molecule has 11 aliphatic rings. The summed E-state index contributed by atoms with van der Waals surface area (Å²) in [7, 11) is 0. The third-order valence-corrected chi connectivity index (χ3v) is 32.3. The van der Waals surface area contributed by atoms with Gasteiger partial charge in [0.2, 0.25) is 0 Å². The van der Waals surface area contributed by atoms with E-state index in [9.17, 15) is 0 Å². The van der Waals surface area contributed by atoms with Crippen LogP contribution in [0.1, 0.15) is 244 Å². The van der Waals surface area contributed by atoms with Crippen LogP contribution in [0, 0.1) is 69.1 Å². The number of rotatable bonds is 5. The van der Waals surface area contributed by atoms with E-state index in [0.717, 1.165) is 51.8 Å². The molecule has 23 rings (SSSR count). The molecule has 0 radical (unpaired) electrons. The average Bonchev–Trinajstić information content (AvgIpc) is 1.49. The lowest BCUT2D eigenvalue weighted by Crippen LogP contribution is -2.60. The predicted octanol–water partition coefficient (Wildman–Crippen LogP) is 28.5. The Morgan fingerprint density at radius 3 is 1.21 bits per heavy atom. The van der Waals surface area contributed by atoms with E-state index < -0.39 is 0 Å². The van der Waals surface area contributed by atoms with Gasteiger partial charge in [0.1, 0.15) is 28.6 Å². The van der Waals surface area contributed by atoms with Crippen LogP contribution in [-0.4, -0.2) is 56.2 Å². The summed E-state index contributed by atoms with van der Waals surface area (Å²) in [5.41, 5.74) is 23.3. The number of anilines is 8. The second-order valence-electron chi connectivity index (χ2n) is 40.7. The molecule has 7 aromatic carbocycles. The molecule has 5 aliphatic heterocycles. The minimum Gasteiger partial charge on any atom is -0.454 e. The maximum Gasteiger partial charge on any atom is 0.158 e. The summed E-state index contributed by atoms with van der Waals surface area (Å²) in [5.74, 6) is 7.24. The molecule has 6 saturated carbocycles. The molecule has 4 bridgehead atoms. The van der Waals surface area contributed by atoms with Crippen LogP contribution in [0.3, 0.4) is 0 Å². The summed E-state index contributed by atoms with van der Waals surface area (Å²) in [5, 5.41) is 4.90. The van der Waals surface area contributed by atoms with Crippen LogP contribution in [0.15, 0.2) is 209 Å². The van der Waals surface area contributed by atoms with Crippen molar-refractivity contribution in [2.75, 3.05) is 24.5 Å². The summed E-state index contributed by atoms with van der Waals surface area (Å²) in [4.78, 5) is 27.1. The van der Waals surface area contributed by atoms with Gasteiger partial charge in [0.25, 0.3) is 0 Å². The fraction of sp³-hybridized carbons (Fsp3) is 0.472. The van der Waals surface area contributed by atoms with E-state index >= 15 is 0 Å². The minimum atomic E-state index is 0.112. The molecule has 5 atom stereocenters. The van der Waals surface area contributed by atoms with Crippen LogP contribution in [0.5, 0.6) is 0 Å². The SMILES string of the molecule is Cc1ccc2c(oc3ccccc32)c1N1C(C)C(C)(C)CC1(C)C.Cc1ccc2c(oc3ccccc32)c1N1C(C)C2(CCCCC2)CC1(C)C.Cc1ccccc1N1c2ncccc2C(C)(C)C1C.Cc1ccccc1N1c2ncccc2C2(C3CC4CC(C3)CC2C4)C1C.Cc1ccccc1N1c2ncccc2C2(CCCCC2)C1C. The number of furan rings is 2. The number of benzene rings is 7. The molecule has 10 nitrogen and oxygen atoms in total. The molecule has 10 heterocycles. The van der Waals surface area contributed by atoms with Gasteiger partial charge in [-0.25, -0.2) is 15.0 Å². The van der Waals surface area contributed by atoms with Crippen LogP contribution < -0.4 is 24.5 Å². The van der Waals surface area contributed by atoms with Crippen molar-refractivity contribution in [1.29, 1.82) is 0 Å². The summed E-state index contributed by atoms with van der Waals surface area (Å²) in [6, 6.07) is 67.6. The van der Waals surface area contributed by atoms with E-state index in [2.05, 4.69) is 324 Å². The van der Waals surface area contributed by atoms with Crippen LogP contribution in [0.4, 0.5) is 45.9 Å². The van der Waals surface area contributed by atoms with Crippen molar-refractivity contribution in [3.8, 4) is 0 Å². The Hall–Kier alpha value is -9.41. The van der Waals surface area contributed by atoms with Gasteiger partial charge in [-0.05, 0) is 278 Å². The lowest BCUT2D eigenvalue weighted by atomic mass is 9.43. The molecule has 12 aromatic rings. The standard InChI is InChI=1S/C25H31NO.C24H28N2.C22H27NO.C20H24N2.C17H20N2/c1-17-12-13-20-19-10-6-7-11-21(19)27-23(20)22(17)26-18(2)25(16-24(26,3)4)14-8-5-9-15-25;1-15-6-3-4-8-22(15)26-16(2)24(21-7-5-9-25-23(21)26)19-11-17-10-18(13-19)14-20(24)12-17;1-14-11-12-17-16-9-7-8-10-18(16)24-20(17)19(14)23-15(2)21(3,4)13-22(23,5)6;1-15-9-4-5-11-18(15)22-16(2)20(12-6-3-7-13-20)17-10-8-14-21-19(17)22;1-12-8-5-6-10-15(12)19-13(2)17(3,4)14-9-7-11-18-16(14)19/h6-7,10-13,18H,5,8-9,14-16H2,1-4H3;3-9,16-20H,10-14H2,1-2H3;7-12,15H,13H2,1-6H3;4-5,8-11,14,16H,3,6-7,12-13H2,1-2H3;5-11,13H,1-4H3. The Kier molecular flexibility index (Phi) is 20.3. The topological polar surface area (TPSA) is 81.2 Å². The summed E-state index contributed by atoms with van der Waals surface area (Å²) in [6.07, 6.45) is 29.2. The van der Waals surface area contributed by atoms with Crippen molar-refractivity contribution in [2.24, 2.45) is 34.5 Å². The zero-order valence-corrected chi connectivity index (χ0v) is 74.2. The van der Waals surface area contributed by atoms with Crippen LogP contribution in [0.25, 0.3) is 43.9 Å². The quantitative estimate of drug-likeness (QED) is 0.166. The van der Waals surface area contributed by atoms with Crippen molar-refractivity contribution in [3.05, 3.63) is 245 Å². The molecule has 0 N–H and O–H groups in total. The van der Waals surface area contributed by atoms with Crippen LogP contribution in [-0.2, 0) is 16.2 Å². The average molecular weight is 1570 g/mol. The third kappa shape index (κ3) is 12.8. The second kappa shape index (κ2) is 30.1. The van der Waals surface area contributed by atoms with Gasteiger partial charge in [-0.2, -0.15) is 0 Å². The lowest BCUT2D eigenvalue weighted by molar-refractivity contribution is -0.0654. The van der Waals surface area contributed by atoms with Crippen molar-refractivity contribution in [3.63, 3.8) is 0 Å². The number of pyridine rings is 3. The zero-order chi connectivity index (χ0) is 82.3. The van der Waals surface area contributed by atoms with E-state index in [1.165, 1.54) is 210 Å². The van der Waals surface area contributed by atoms with E-state index in [1.54, 1.807) is 5.56 Å². The summed E-state index contributed by atoms with van der Waals surface area (Å²) >= 11 is 0. The summed E-state index contributed by atoms with van der Waals surface area (Å²) in [6.45, 7) is 42.0. The van der Waals surface area contributed by atoms with Crippen LogP contribution in [0.2, 0.25) is 0 Å². The molecule has 614 valence electrons. The highest BCUT2D eigenvalue weighted by Crippen LogP contribution is 2.69. The fourth-order valence-corrected chi connectivity index (χ4v) is 26.7. The van der Waals surface area contributed by atoms with E-state index in [1.807, 2.05) is 30.7 Å². The van der Waals surface area contributed by atoms with Crippen molar-refractivity contribution in [1.82, 2.24) is 15.0 Å². The molecule has 2 saturated heterocycles. The Morgan fingerprint density at radius 1 is 0.339 bits per heavy atom. The van der Waals surface area contributed by atoms with Crippen LogP contribution >= 0.6 is 0 Å². The number of nitrogens with zero attached hydrogens (tertiary/aromatic N) is 8. The van der Waals surface area contributed by atoms with Gasteiger partial charge in [0, 0.05) is 131 Å². The Bertz CT molecular complexity index is 5700. The first-order chi connectivity index (χ1) is 56.6. The Morgan fingerprint density at radius 2 is 0.737 bits per heavy atom. The second-order valence-corrected chi connectivity index (χ2v) is 40.7. The maximum absolute atomic E-state index is 6.45. The molecule has 3 spiro atoms. The number of hydrogen-bond donors (Lipinski definition) is 0. The molecule has 118 heavy (non-hydrogen) atoms. The van der Waals surface area contributed by atoms with Gasteiger partial charge in [-0.15, -0.1) is 0 Å². The first kappa shape index (κ1) is 79.7. The highest BCUT2D eigenvalue weighted by Gasteiger charge is 2.65. The fourth-order valence-electron chi connectivity index (χ4n) is 26.7. The highest BCUT2D eigenvalue weighted by molar-refractivity contribution is 6.11. The molecule has 8 fully saturated rings. The molecule has 5 unspecified atom stereocenters. The summed E-state index contributed by atoms with van der Waals surface area (Å²) < 4.78 is 12.8. The molecule has 10 heteroatoms. The Balaban J connectivity index is 0.000000102. The van der Waals surface area contributed by atoms with Gasteiger partial charge in [0.15, 0.2) is 11.2 Å². The van der Waals surface area contributed by atoms with Gasteiger partial charge < -0.3 is 33.3 Å². The molecule has 6 aliphatic carbocycles.